The molecule has 6 heteroatoms. The third-order valence-electron chi connectivity index (χ3n) is 6.11. The highest BCUT2D eigenvalue weighted by atomic mass is 16.5. The number of nitrogens with zero attached hydrogens (tertiary/aromatic N) is 2. The molecule has 2 heterocycles. The average molecular weight is 436 g/mol. The van der Waals surface area contributed by atoms with Crippen LogP contribution in [0, 0.1) is 0 Å². The number of nitrogens with one attached hydrogen (secondary N) is 1. The molecule has 6 nitrogen and oxygen atoms in total. The molecule has 1 saturated heterocycles. The van der Waals surface area contributed by atoms with Crippen LogP contribution < -0.4 is 19.7 Å². The summed E-state index contributed by atoms with van der Waals surface area (Å²) >= 11 is 0. The molecule has 1 fully saturated rings. The highest BCUT2D eigenvalue weighted by molar-refractivity contribution is 6.35. The maximum Gasteiger partial charge on any atom is 0.260 e. The maximum absolute atomic E-state index is 13.3. The van der Waals surface area contributed by atoms with Gasteiger partial charge in [-0.15, -0.1) is 0 Å². The third kappa shape index (κ3) is 4.97. The lowest BCUT2D eigenvalue weighted by Gasteiger charge is -2.26. The third-order valence-corrected chi connectivity index (χ3v) is 6.11. The van der Waals surface area contributed by atoms with Crippen LogP contribution in [-0.2, 0) is 4.79 Å². The summed E-state index contributed by atoms with van der Waals surface area (Å²) in [6, 6.07) is 13.7. The molecule has 2 aliphatic rings. The van der Waals surface area contributed by atoms with Crippen molar-refractivity contribution in [2.24, 2.45) is 0 Å². The number of ether oxygens (including phenoxy) is 2. The van der Waals surface area contributed by atoms with Crippen LogP contribution in [0.1, 0.15) is 37.3 Å². The molecule has 0 aliphatic carbocycles. The van der Waals surface area contributed by atoms with Crippen molar-refractivity contribution in [3.63, 3.8) is 0 Å². The zero-order valence-corrected chi connectivity index (χ0v) is 19.1. The first-order valence-corrected chi connectivity index (χ1v) is 11.6. The summed E-state index contributed by atoms with van der Waals surface area (Å²) in [7, 11) is 1.65. The Morgan fingerprint density at radius 1 is 1.09 bits per heavy atom. The van der Waals surface area contributed by atoms with Gasteiger partial charge in [0.15, 0.2) is 0 Å². The van der Waals surface area contributed by atoms with E-state index in [-0.39, 0.29) is 5.91 Å². The van der Waals surface area contributed by atoms with Crippen LogP contribution in [0.15, 0.2) is 42.5 Å². The van der Waals surface area contributed by atoms with Gasteiger partial charge in [-0.05, 0) is 62.8 Å². The van der Waals surface area contributed by atoms with Crippen LogP contribution in [0.3, 0.4) is 0 Å². The molecule has 170 valence electrons. The number of hydrogen-bond acceptors (Lipinski definition) is 5. The Morgan fingerprint density at radius 3 is 2.69 bits per heavy atom. The fourth-order valence-electron chi connectivity index (χ4n) is 4.35. The first-order chi connectivity index (χ1) is 15.7. The number of piperidine rings is 1. The number of amides is 1. The average Bonchev–Trinajstić information content (AvgIpc) is 3.10. The number of anilines is 1. The number of rotatable bonds is 9. The molecule has 32 heavy (non-hydrogen) atoms. The Kier molecular flexibility index (Phi) is 7.45. The number of para-hydroxylation sites is 1. The van der Waals surface area contributed by atoms with E-state index in [0.29, 0.717) is 18.8 Å². The van der Waals surface area contributed by atoms with E-state index >= 15 is 0 Å². The van der Waals surface area contributed by atoms with Gasteiger partial charge in [-0.25, -0.2) is 0 Å². The van der Waals surface area contributed by atoms with Gasteiger partial charge < -0.3 is 9.47 Å². The summed E-state index contributed by atoms with van der Waals surface area (Å²) in [5, 5.41) is 3.26. The zero-order chi connectivity index (χ0) is 22.3. The van der Waals surface area contributed by atoms with Crippen molar-refractivity contribution in [2.45, 2.75) is 26.2 Å². The summed E-state index contributed by atoms with van der Waals surface area (Å²) in [6.07, 6.45) is 5.80. The molecule has 0 unspecified atom stereocenters. The molecule has 2 aromatic carbocycles. The van der Waals surface area contributed by atoms with Gasteiger partial charge in [-0.2, -0.15) is 0 Å². The van der Waals surface area contributed by atoms with Crippen molar-refractivity contribution in [3.8, 4) is 11.5 Å². The van der Waals surface area contributed by atoms with Crippen LogP contribution in [0.4, 0.5) is 5.69 Å². The summed E-state index contributed by atoms with van der Waals surface area (Å²) in [6.45, 7) is 7.16. The van der Waals surface area contributed by atoms with Crippen molar-refractivity contribution in [1.29, 1.82) is 0 Å². The molecule has 2 aromatic rings. The smallest absolute Gasteiger partial charge is 0.260 e. The Morgan fingerprint density at radius 2 is 1.91 bits per heavy atom. The first kappa shape index (κ1) is 22.4. The lowest BCUT2D eigenvalue weighted by Crippen LogP contribution is -2.36. The first-order valence-electron chi connectivity index (χ1n) is 11.6. The van der Waals surface area contributed by atoms with E-state index in [2.05, 4.69) is 10.2 Å². The predicted octanol–water partition coefficient (Wildman–Crippen LogP) is 4.01. The molecule has 4 rings (SSSR count). The second-order valence-corrected chi connectivity index (χ2v) is 8.22. The molecular weight excluding hydrogens is 402 g/mol. The van der Waals surface area contributed by atoms with Gasteiger partial charge in [0.1, 0.15) is 18.1 Å². The minimum Gasteiger partial charge on any atom is -0.497 e. The topological polar surface area (TPSA) is 54.0 Å². The van der Waals surface area contributed by atoms with Gasteiger partial charge in [0, 0.05) is 23.2 Å². The Bertz CT molecular complexity index is 967. The van der Waals surface area contributed by atoms with E-state index in [1.165, 1.54) is 19.3 Å². The number of methoxy groups -OCH3 is 1. The molecule has 1 amide bonds. The number of fused-ring (bicyclic) bond motifs is 1. The fourth-order valence-corrected chi connectivity index (χ4v) is 4.35. The molecule has 1 N–H and O–H groups in total. The van der Waals surface area contributed by atoms with E-state index in [9.17, 15) is 4.79 Å². The number of likely N-dealkylation sites (tertiary alicyclic amines) is 1. The van der Waals surface area contributed by atoms with Crippen LogP contribution >= 0.6 is 0 Å². The van der Waals surface area contributed by atoms with E-state index in [1.54, 1.807) is 12.0 Å². The number of hydrogen-bond donors (Lipinski definition) is 1. The minimum absolute atomic E-state index is 0.00534. The lowest BCUT2D eigenvalue weighted by molar-refractivity contribution is -0.113. The largest absolute Gasteiger partial charge is 0.497 e. The second-order valence-electron chi connectivity index (χ2n) is 8.22. The number of carbonyl (C=O) groups is 1. The molecule has 2 aliphatic heterocycles. The Hall–Kier alpha value is -2.83. The van der Waals surface area contributed by atoms with Gasteiger partial charge in [-0.3, -0.25) is 19.9 Å². The van der Waals surface area contributed by atoms with Gasteiger partial charge in [0.05, 0.1) is 19.5 Å². The number of benzene rings is 2. The van der Waals surface area contributed by atoms with Crippen LogP contribution in [0.25, 0.3) is 11.6 Å². The highest BCUT2D eigenvalue weighted by Gasteiger charge is 2.31. The zero-order valence-electron chi connectivity index (χ0n) is 19.1. The van der Waals surface area contributed by atoms with E-state index in [1.807, 2.05) is 55.5 Å². The summed E-state index contributed by atoms with van der Waals surface area (Å²) in [5.74, 6) is 1.50. The maximum atomic E-state index is 13.3. The molecule has 0 aromatic heterocycles. The van der Waals surface area contributed by atoms with Crippen molar-refractivity contribution >= 4 is 23.2 Å². The normalized spacial score (nSPS) is 17.6. The standard InChI is InChI=1S/C26H33N3O3/c1-3-27-19-29-24-10-6-5-9-22(24)23(26(29)30)18-20-17-21(31-2)11-12-25(20)32-16-15-28-13-7-4-8-14-28/h5-6,9-12,17-18,27H,3-4,7-8,13-16,19H2,1-2H3/b23-18+. The highest BCUT2D eigenvalue weighted by Crippen LogP contribution is 2.38. The van der Waals surface area contributed by atoms with Crippen LogP contribution in [-0.4, -0.2) is 57.4 Å². The quantitative estimate of drug-likeness (QED) is 0.603. The molecule has 0 bridgehead atoms. The van der Waals surface area contributed by atoms with E-state index in [0.717, 1.165) is 54.5 Å². The molecule has 0 atom stereocenters. The van der Waals surface area contributed by atoms with Crippen LogP contribution in [0.2, 0.25) is 0 Å². The van der Waals surface area contributed by atoms with Gasteiger partial charge in [0.2, 0.25) is 0 Å². The van der Waals surface area contributed by atoms with Crippen LogP contribution in [0.5, 0.6) is 11.5 Å². The van der Waals surface area contributed by atoms with Crippen molar-refractivity contribution in [3.05, 3.63) is 53.6 Å². The molecule has 0 spiro atoms. The van der Waals surface area contributed by atoms with Gasteiger partial charge >= 0.3 is 0 Å². The van der Waals surface area contributed by atoms with Crippen molar-refractivity contribution in [1.82, 2.24) is 10.2 Å². The Labute approximate surface area is 190 Å². The monoisotopic (exact) mass is 435 g/mol. The number of carbonyl (C=O) groups excluding carboxylic acids is 1. The van der Waals surface area contributed by atoms with E-state index in [4.69, 9.17) is 9.47 Å². The molecular formula is C26H33N3O3. The summed E-state index contributed by atoms with van der Waals surface area (Å²) in [5.41, 5.74) is 3.40. The fraction of sp³-hybridized carbons (Fsp3) is 0.423. The molecule has 0 radical (unpaired) electrons. The minimum atomic E-state index is -0.00534. The van der Waals surface area contributed by atoms with Crippen molar-refractivity contribution < 1.29 is 14.3 Å². The molecule has 0 saturated carbocycles. The lowest BCUT2D eigenvalue weighted by atomic mass is 10.0. The van der Waals surface area contributed by atoms with Gasteiger partial charge in [-0.1, -0.05) is 31.5 Å². The second kappa shape index (κ2) is 10.7. The van der Waals surface area contributed by atoms with E-state index < -0.39 is 0 Å². The summed E-state index contributed by atoms with van der Waals surface area (Å²) < 4.78 is 11.6. The van der Waals surface area contributed by atoms with Gasteiger partial charge in [0.25, 0.3) is 5.91 Å². The summed E-state index contributed by atoms with van der Waals surface area (Å²) in [4.78, 5) is 17.6. The van der Waals surface area contributed by atoms with Crippen molar-refractivity contribution in [2.75, 3.05) is 51.5 Å². The predicted molar refractivity (Wildman–Crippen MR) is 129 cm³/mol. The SMILES string of the molecule is CCNCN1C(=O)/C(=C/c2cc(OC)ccc2OCCN2CCCCC2)c2ccccc21. The Balaban J connectivity index is 1.59.